The van der Waals surface area contributed by atoms with E-state index in [0.29, 0.717) is 71.1 Å². The Kier molecular flexibility index (Phi) is 9.78. The molecule has 3 heterocycles. The zero-order valence-corrected chi connectivity index (χ0v) is 29.0. The molecular weight excluding hydrogens is 634 g/mol. The van der Waals surface area contributed by atoms with Crippen LogP contribution in [0, 0.1) is 13.8 Å². The molecule has 0 radical (unpaired) electrons. The average Bonchev–Trinajstić information content (AvgIpc) is 3.50. The molecule has 0 unspecified atom stereocenters. The molecule has 1 aliphatic rings. The number of ether oxygens (including phenoxy) is 1. The Morgan fingerprint density at radius 1 is 0.938 bits per heavy atom. The zero-order valence-electron chi connectivity index (χ0n) is 28.2. The Labute approximate surface area is 281 Å². The maximum atomic E-state index is 13.8. The molecule has 1 N–H and O–H groups in total. The largest absolute Gasteiger partial charge is 0.496 e. The van der Waals surface area contributed by atoms with Gasteiger partial charge in [-0.25, -0.2) is 14.5 Å². The number of hydroxylamine groups is 1. The van der Waals surface area contributed by atoms with E-state index in [9.17, 15) is 18.0 Å². The van der Waals surface area contributed by atoms with Gasteiger partial charge in [0.05, 0.1) is 41.7 Å². The number of aromatic nitrogens is 3. The van der Waals surface area contributed by atoms with Gasteiger partial charge in [-0.1, -0.05) is 50.6 Å². The second kappa shape index (κ2) is 13.6. The number of nitrogens with zero attached hydrogens (tertiary/aromatic N) is 6. The zero-order chi connectivity index (χ0) is 34.8. The fourth-order valence-electron chi connectivity index (χ4n) is 5.22. The molecule has 0 atom stereocenters. The smallest absolute Gasteiger partial charge is 0.353 e. The topological polar surface area (TPSA) is 139 Å². The third-order valence-corrected chi connectivity index (χ3v) is 8.30. The van der Waals surface area contributed by atoms with Crippen molar-refractivity contribution in [2.24, 2.45) is 0 Å². The van der Waals surface area contributed by atoms with Gasteiger partial charge < -0.3 is 19.9 Å². The fourth-order valence-corrected chi connectivity index (χ4v) is 5.64. The summed E-state index contributed by atoms with van der Waals surface area (Å²) in [5.41, 5.74) is 3.26. The molecule has 0 spiro atoms. The van der Waals surface area contributed by atoms with Gasteiger partial charge in [-0.05, 0) is 50.2 Å². The van der Waals surface area contributed by atoms with Crippen LogP contribution in [0.2, 0.25) is 0 Å². The second-order valence-corrected chi connectivity index (χ2v) is 14.2. The number of amides is 3. The minimum absolute atomic E-state index is 0.0893. The SMILES string of the molecule is COc1ccccc1C(=O)N1CCN(c2ccc(NC(=O)N(OS(C)(=O)=O)c3cc(C(C)(C)C)nn3-c3ccc(C)cc3)c(C)n2)CC1. The van der Waals surface area contributed by atoms with E-state index in [1.165, 1.54) is 4.68 Å². The first-order valence-corrected chi connectivity index (χ1v) is 17.3. The number of hydrogen-bond donors (Lipinski definition) is 1. The molecule has 1 aliphatic heterocycles. The number of para-hydroxylation sites is 1. The Bertz CT molecular complexity index is 1910. The number of benzene rings is 2. The highest BCUT2D eigenvalue weighted by molar-refractivity contribution is 7.86. The summed E-state index contributed by atoms with van der Waals surface area (Å²) in [5, 5.41) is 8.17. The monoisotopic (exact) mass is 675 g/mol. The highest BCUT2D eigenvalue weighted by Gasteiger charge is 2.31. The van der Waals surface area contributed by atoms with Crippen LogP contribution in [0.4, 0.5) is 22.1 Å². The first-order chi connectivity index (χ1) is 22.6. The Balaban J connectivity index is 1.35. The summed E-state index contributed by atoms with van der Waals surface area (Å²) in [7, 11) is -2.59. The van der Waals surface area contributed by atoms with Gasteiger partial charge in [0.15, 0.2) is 5.82 Å². The van der Waals surface area contributed by atoms with Gasteiger partial charge in [0.2, 0.25) is 0 Å². The van der Waals surface area contributed by atoms with E-state index < -0.39 is 21.6 Å². The molecule has 5 rings (SSSR count). The van der Waals surface area contributed by atoms with Gasteiger partial charge in [-0.3, -0.25) is 4.79 Å². The lowest BCUT2D eigenvalue weighted by Gasteiger charge is -2.35. The van der Waals surface area contributed by atoms with E-state index in [0.717, 1.165) is 11.8 Å². The first-order valence-electron chi connectivity index (χ1n) is 15.5. The second-order valence-electron chi connectivity index (χ2n) is 12.7. The lowest BCUT2D eigenvalue weighted by Crippen LogP contribution is -2.49. The summed E-state index contributed by atoms with van der Waals surface area (Å²) in [6.45, 7) is 11.7. The normalized spacial score (nSPS) is 13.7. The summed E-state index contributed by atoms with van der Waals surface area (Å²) in [5.74, 6) is 1.24. The lowest BCUT2D eigenvalue weighted by molar-refractivity contribution is 0.0743. The predicted molar refractivity (Wildman–Crippen MR) is 185 cm³/mol. The number of piperazine rings is 1. The number of hydrogen-bond acceptors (Lipinski definition) is 9. The van der Waals surface area contributed by atoms with Gasteiger partial charge in [0, 0.05) is 37.7 Å². The van der Waals surface area contributed by atoms with Crippen LogP contribution < -0.4 is 20.0 Å². The molecule has 2 aromatic heterocycles. The van der Waals surface area contributed by atoms with Crippen molar-refractivity contribution in [1.82, 2.24) is 19.7 Å². The Morgan fingerprint density at radius 2 is 1.60 bits per heavy atom. The summed E-state index contributed by atoms with van der Waals surface area (Å²) in [6.07, 6.45) is 0.871. The van der Waals surface area contributed by atoms with Crippen molar-refractivity contribution in [3.8, 4) is 11.4 Å². The third kappa shape index (κ3) is 7.77. The maximum Gasteiger partial charge on any atom is 0.353 e. The van der Waals surface area contributed by atoms with Gasteiger partial charge >= 0.3 is 6.03 Å². The number of methoxy groups -OCH3 is 1. The van der Waals surface area contributed by atoms with Crippen molar-refractivity contribution in [2.75, 3.05) is 54.8 Å². The molecule has 0 aliphatic carbocycles. The van der Waals surface area contributed by atoms with Crippen molar-refractivity contribution in [1.29, 1.82) is 0 Å². The van der Waals surface area contributed by atoms with Crippen molar-refractivity contribution in [3.05, 3.63) is 89.2 Å². The van der Waals surface area contributed by atoms with Crippen LogP contribution in [0.15, 0.2) is 66.7 Å². The lowest BCUT2D eigenvalue weighted by atomic mass is 9.92. The number of pyridine rings is 1. The van der Waals surface area contributed by atoms with Crippen molar-refractivity contribution >= 4 is 39.4 Å². The Hall–Kier alpha value is -4.95. The summed E-state index contributed by atoms with van der Waals surface area (Å²) < 4.78 is 36.9. The predicted octanol–water partition coefficient (Wildman–Crippen LogP) is 5.08. The number of aryl methyl sites for hydroxylation is 2. The standard InChI is InChI=1S/C34H41N7O6S/c1-23-12-14-25(15-13-23)40-31(22-29(37-40)34(3,4)5)41(47-48(7,44)45)33(43)36-27-16-17-30(35-24(27)2)38-18-20-39(21-19-38)32(42)26-10-8-9-11-28(26)46-6/h8-17,22H,18-21H2,1-7H3,(H,36,43). The number of carbonyl (C=O) groups is 2. The van der Waals surface area contributed by atoms with Crippen molar-refractivity contribution in [3.63, 3.8) is 0 Å². The molecule has 13 nitrogen and oxygen atoms in total. The number of urea groups is 1. The van der Waals surface area contributed by atoms with E-state index in [1.807, 2.05) is 64.1 Å². The fraction of sp³-hybridized carbons (Fsp3) is 0.353. The van der Waals surface area contributed by atoms with Crippen molar-refractivity contribution in [2.45, 2.75) is 40.0 Å². The highest BCUT2D eigenvalue weighted by Crippen LogP contribution is 2.30. The van der Waals surface area contributed by atoms with E-state index in [1.54, 1.807) is 49.3 Å². The van der Waals surface area contributed by atoms with Crippen LogP contribution >= 0.6 is 0 Å². The minimum atomic E-state index is -4.14. The molecule has 48 heavy (non-hydrogen) atoms. The summed E-state index contributed by atoms with van der Waals surface area (Å²) in [6, 6.07) is 18.9. The number of anilines is 3. The Morgan fingerprint density at radius 3 is 2.21 bits per heavy atom. The molecule has 3 amide bonds. The van der Waals surface area contributed by atoms with Crippen LogP contribution in [0.3, 0.4) is 0 Å². The number of carbonyl (C=O) groups excluding carboxylic acids is 2. The molecule has 0 bridgehead atoms. The highest BCUT2D eigenvalue weighted by atomic mass is 32.2. The molecule has 254 valence electrons. The number of rotatable bonds is 8. The molecule has 14 heteroatoms. The molecule has 2 aromatic carbocycles. The quantitative estimate of drug-likeness (QED) is 0.253. The van der Waals surface area contributed by atoms with E-state index in [-0.39, 0.29) is 11.7 Å². The third-order valence-electron chi connectivity index (χ3n) is 7.88. The molecular formula is C34H41N7O6S. The molecule has 1 fully saturated rings. The summed E-state index contributed by atoms with van der Waals surface area (Å²) >= 11 is 0. The van der Waals surface area contributed by atoms with Gasteiger partial charge in [-0.15, -0.1) is 9.35 Å². The van der Waals surface area contributed by atoms with Crippen LogP contribution in [0.5, 0.6) is 5.75 Å². The van der Waals surface area contributed by atoms with Crippen molar-refractivity contribution < 1.29 is 27.0 Å². The van der Waals surface area contributed by atoms with E-state index in [2.05, 4.69) is 10.2 Å². The molecule has 1 saturated heterocycles. The minimum Gasteiger partial charge on any atom is -0.496 e. The van der Waals surface area contributed by atoms with Crippen LogP contribution in [0.1, 0.15) is 48.1 Å². The van der Waals surface area contributed by atoms with Crippen LogP contribution in [0.25, 0.3) is 5.69 Å². The number of nitrogens with one attached hydrogen (secondary N) is 1. The van der Waals surface area contributed by atoms with E-state index >= 15 is 0 Å². The van der Waals surface area contributed by atoms with E-state index in [4.69, 9.17) is 19.1 Å². The maximum absolute atomic E-state index is 13.8. The molecule has 0 saturated carbocycles. The molecule has 4 aromatic rings. The summed E-state index contributed by atoms with van der Waals surface area (Å²) in [4.78, 5) is 35.5. The van der Waals surface area contributed by atoms with Crippen LogP contribution in [-0.4, -0.2) is 79.6 Å². The first kappa shape index (κ1) is 34.4. The van der Waals surface area contributed by atoms with Gasteiger partial charge in [0.1, 0.15) is 11.6 Å². The van der Waals surface area contributed by atoms with Gasteiger partial charge in [0.25, 0.3) is 16.0 Å². The average molecular weight is 676 g/mol. The van der Waals surface area contributed by atoms with Crippen LogP contribution in [-0.2, 0) is 19.8 Å². The van der Waals surface area contributed by atoms with Gasteiger partial charge in [-0.2, -0.15) is 13.5 Å².